The Morgan fingerprint density at radius 3 is 2.47 bits per heavy atom. The zero-order chi connectivity index (χ0) is 13.1. The molecule has 0 radical (unpaired) electrons. The highest BCUT2D eigenvalue weighted by Gasteiger charge is 2.19. The monoisotopic (exact) mass is 238 g/mol. The van der Waals surface area contributed by atoms with E-state index in [4.69, 9.17) is 9.84 Å². The average molecular weight is 238 g/mol. The van der Waals surface area contributed by atoms with Crippen molar-refractivity contribution in [3.63, 3.8) is 0 Å². The van der Waals surface area contributed by atoms with Gasteiger partial charge in [-0.2, -0.15) is 0 Å². The van der Waals surface area contributed by atoms with Crippen molar-refractivity contribution in [3.8, 4) is 5.75 Å². The molecule has 96 valence electrons. The molecule has 2 N–H and O–H groups in total. The smallest absolute Gasteiger partial charge is 0.123 e. The summed E-state index contributed by atoms with van der Waals surface area (Å²) in [5.74, 6) is 0.774. The molecule has 17 heavy (non-hydrogen) atoms. The number of ether oxygens (including phenoxy) is 1. The summed E-state index contributed by atoms with van der Waals surface area (Å²) >= 11 is 0. The first-order valence-corrected chi connectivity index (χ1v) is 5.87. The van der Waals surface area contributed by atoms with Crippen LogP contribution in [0, 0.1) is 6.92 Å². The second-order valence-corrected chi connectivity index (χ2v) is 5.40. The van der Waals surface area contributed by atoms with Gasteiger partial charge in [0, 0.05) is 0 Å². The Kier molecular flexibility index (Phi) is 4.54. The van der Waals surface area contributed by atoms with Crippen LogP contribution in [0.1, 0.15) is 31.9 Å². The third-order valence-corrected chi connectivity index (χ3v) is 2.59. The molecule has 1 rings (SSSR count). The molecule has 0 aromatic heterocycles. The van der Waals surface area contributed by atoms with Crippen LogP contribution < -0.4 is 4.74 Å². The number of aryl methyl sites for hydroxylation is 1. The maximum Gasteiger partial charge on any atom is 0.123 e. The SMILES string of the molecule is Cc1ccc(OCC(O)CO)c(C(C)(C)C)c1. The Balaban J connectivity index is 2.91. The van der Waals surface area contributed by atoms with Crippen LogP contribution in [-0.4, -0.2) is 29.5 Å². The van der Waals surface area contributed by atoms with E-state index < -0.39 is 6.10 Å². The van der Waals surface area contributed by atoms with Crippen LogP contribution in [-0.2, 0) is 5.41 Å². The minimum absolute atomic E-state index is 0.00841. The molecule has 1 unspecified atom stereocenters. The second kappa shape index (κ2) is 5.52. The third kappa shape index (κ3) is 4.02. The van der Waals surface area contributed by atoms with Crippen LogP contribution in [0.3, 0.4) is 0 Å². The summed E-state index contributed by atoms with van der Waals surface area (Å²) in [7, 11) is 0. The number of rotatable bonds is 4. The molecule has 0 saturated heterocycles. The van der Waals surface area contributed by atoms with E-state index in [0.29, 0.717) is 0 Å². The molecule has 1 aromatic rings. The van der Waals surface area contributed by atoms with Gasteiger partial charge in [-0.1, -0.05) is 38.5 Å². The molecule has 0 amide bonds. The lowest BCUT2D eigenvalue weighted by Crippen LogP contribution is -2.23. The minimum atomic E-state index is -0.830. The normalized spacial score (nSPS) is 13.5. The Morgan fingerprint density at radius 2 is 1.94 bits per heavy atom. The standard InChI is InChI=1S/C14H22O3/c1-10-5-6-13(17-9-11(16)8-15)12(7-10)14(2,3)4/h5-7,11,15-16H,8-9H2,1-4H3. The zero-order valence-corrected chi connectivity index (χ0v) is 11.0. The van der Waals surface area contributed by atoms with Gasteiger partial charge in [0.2, 0.25) is 0 Å². The Morgan fingerprint density at radius 1 is 1.29 bits per heavy atom. The molecule has 3 nitrogen and oxygen atoms in total. The second-order valence-electron chi connectivity index (χ2n) is 5.40. The van der Waals surface area contributed by atoms with Crippen LogP contribution >= 0.6 is 0 Å². The molecule has 1 atom stereocenters. The van der Waals surface area contributed by atoms with Crippen molar-refractivity contribution in [2.75, 3.05) is 13.2 Å². The lowest BCUT2D eigenvalue weighted by Gasteiger charge is -2.24. The van der Waals surface area contributed by atoms with Crippen molar-refractivity contribution in [2.24, 2.45) is 0 Å². The van der Waals surface area contributed by atoms with Gasteiger partial charge in [0.05, 0.1) is 6.61 Å². The molecular formula is C14H22O3. The summed E-state index contributed by atoms with van der Waals surface area (Å²) in [6.07, 6.45) is -0.830. The van der Waals surface area contributed by atoms with E-state index in [2.05, 4.69) is 26.8 Å². The van der Waals surface area contributed by atoms with Crippen molar-refractivity contribution in [1.82, 2.24) is 0 Å². The fourth-order valence-corrected chi connectivity index (χ4v) is 1.59. The summed E-state index contributed by atoms with van der Waals surface area (Å²) in [5, 5.41) is 18.0. The lowest BCUT2D eigenvalue weighted by atomic mass is 9.85. The summed E-state index contributed by atoms with van der Waals surface area (Å²) in [6.45, 7) is 8.24. The molecular weight excluding hydrogens is 216 g/mol. The molecule has 0 saturated carbocycles. The van der Waals surface area contributed by atoms with Crippen molar-refractivity contribution in [3.05, 3.63) is 29.3 Å². The number of aliphatic hydroxyl groups is 2. The topological polar surface area (TPSA) is 49.7 Å². The first-order chi connectivity index (χ1) is 7.84. The van der Waals surface area contributed by atoms with E-state index in [0.717, 1.165) is 11.3 Å². The fraction of sp³-hybridized carbons (Fsp3) is 0.571. The van der Waals surface area contributed by atoms with Gasteiger partial charge >= 0.3 is 0 Å². The summed E-state index contributed by atoms with van der Waals surface area (Å²) < 4.78 is 5.56. The lowest BCUT2D eigenvalue weighted by molar-refractivity contribution is 0.0530. The van der Waals surface area contributed by atoms with Gasteiger partial charge in [-0.3, -0.25) is 0 Å². The molecule has 0 aliphatic heterocycles. The van der Waals surface area contributed by atoms with Crippen LogP contribution in [0.5, 0.6) is 5.75 Å². The summed E-state index contributed by atoms with van der Waals surface area (Å²) in [4.78, 5) is 0. The predicted octanol–water partition coefficient (Wildman–Crippen LogP) is 2.02. The van der Waals surface area contributed by atoms with Gasteiger partial charge in [-0.15, -0.1) is 0 Å². The van der Waals surface area contributed by atoms with Gasteiger partial charge in [0.25, 0.3) is 0 Å². The Labute approximate surface area is 103 Å². The third-order valence-electron chi connectivity index (χ3n) is 2.59. The van der Waals surface area contributed by atoms with Crippen molar-refractivity contribution < 1.29 is 14.9 Å². The zero-order valence-electron chi connectivity index (χ0n) is 11.0. The fourth-order valence-electron chi connectivity index (χ4n) is 1.59. The molecule has 0 aliphatic carbocycles. The average Bonchev–Trinajstić information content (AvgIpc) is 2.25. The van der Waals surface area contributed by atoms with Crippen LogP contribution in [0.15, 0.2) is 18.2 Å². The van der Waals surface area contributed by atoms with Crippen LogP contribution in [0.4, 0.5) is 0 Å². The molecule has 0 fully saturated rings. The molecule has 1 aromatic carbocycles. The molecule has 0 heterocycles. The summed E-state index contributed by atoms with van der Waals surface area (Å²) in [6, 6.07) is 6.00. The van der Waals surface area contributed by atoms with Crippen molar-refractivity contribution in [1.29, 1.82) is 0 Å². The summed E-state index contributed by atoms with van der Waals surface area (Å²) in [5.41, 5.74) is 2.29. The minimum Gasteiger partial charge on any atom is -0.490 e. The number of aliphatic hydroxyl groups excluding tert-OH is 2. The van der Waals surface area contributed by atoms with Gasteiger partial charge < -0.3 is 14.9 Å². The molecule has 0 aliphatic rings. The van der Waals surface area contributed by atoms with E-state index >= 15 is 0 Å². The highest BCUT2D eigenvalue weighted by Crippen LogP contribution is 2.32. The van der Waals surface area contributed by atoms with E-state index in [1.165, 1.54) is 5.56 Å². The Bertz CT molecular complexity index is 366. The van der Waals surface area contributed by atoms with Gasteiger partial charge in [0.1, 0.15) is 18.5 Å². The van der Waals surface area contributed by atoms with Crippen LogP contribution in [0.2, 0.25) is 0 Å². The highest BCUT2D eigenvalue weighted by molar-refractivity contribution is 5.41. The van der Waals surface area contributed by atoms with Gasteiger partial charge in [0.15, 0.2) is 0 Å². The first-order valence-electron chi connectivity index (χ1n) is 5.87. The van der Waals surface area contributed by atoms with Gasteiger partial charge in [-0.25, -0.2) is 0 Å². The molecule has 0 bridgehead atoms. The van der Waals surface area contributed by atoms with Gasteiger partial charge in [-0.05, 0) is 24.0 Å². The van der Waals surface area contributed by atoms with E-state index in [-0.39, 0.29) is 18.6 Å². The Hall–Kier alpha value is -1.06. The predicted molar refractivity (Wildman–Crippen MR) is 68.5 cm³/mol. The number of hydrogen-bond donors (Lipinski definition) is 2. The van der Waals surface area contributed by atoms with Crippen molar-refractivity contribution in [2.45, 2.75) is 39.2 Å². The molecule has 0 spiro atoms. The van der Waals surface area contributed by atoms with Crippen LogP contribution in [0.25, 0.3) is 0 Å². The van der Waals surface area contributed by atoms with E-state index in [1.54, 1.807) is 0 Å². The quantitative estimate of drug-likeness (QED) is 0.843. The first kappa shape index (κ1) is 14.0. The van der Waals surface area contributed by atoms with E-state index in [1.807, 2.05) is 19.1 Å². The molecule has 3 heteroatoms. The number of hydrogen-bond acceptors (Lipinski definition) is 3. The highest BCUT2D eigenvalue weighted by atomic mass is 16.5. The maximum atomic E-state index is 9.29. The van der Waals surface area contributed by atoms with Crippen molar-refractivity contribution >= 4 is 0 Å². The maximum absolute atomic E-state index is 9.29. The number of benzene rings is 1. The largest absolute Gasteiger partial charge is 0.490 e. The van der Waals surface area contributed by atoms with E-state index in [9.17, 15) is 5.11 Å².